The van der Waals surface area contributed by atoms with Crippen molar-refractivity contribution in [2.45, 2.75) is 6.92 Å². The molecule has 6 nitrogen and oxygen atoms in total. The van der Waals surface area contributed by atoms with Crippen molar-refractivity contribution in [3.8, 4) is 11.4 Å². The van der Waals surface area contributed by atoms with Gasteiger partial charge in [0.2, 0.25) is 0 Å². The lowest BCUT2D eigenvalue weighted by molar-refractivity contribution is 0.0695. The minimum atomic E-state index is -1.02. The number of morpholine rings is 1. The second-order valence-corrected chi connectivity index (χ2v) is 5.20. The minimum Gasteiger partial charge on any atom is -0.477 e. The van der Waals surface area contributed by atoms with Crippen molar-refractivity contribution in [1.82, 2.24) is 9.97 Å². The summed E-state index contributed by atoms with van der Waals surface area (Å²) in [6.07, 6.45) is 1.39. The molecule has 1 aromatic carbocycles. The number of hydrogen-bond acceptors (Lipinski definition) is 5. The van der Waals surface area contributed by atoms with Crippen molar-refractivity contribution in [3.05, 3.63) is 41.6 Å². The number of anilines is 1. The fourth-order valence-electron chi connectivity index (χ4n) is 2.46. The number of carbonyl (C=O) groups is 1. The first kappa shape index (κ1) is 14.5. The van der Waals surface area contributed by atoms with Crippen LogP contribution in [-0.4, -0.2) is 47.3 Å². The third kappa shape index (κ3) is 2.92. The average molecular weight is 299 g/mol. The molecule has 2 heterocycles. The molecule has 0 bridgehead atoms. The van der Waals surface area contributed by atoms with E-state index in [1.54, 1.807) is 0 Å². The molecule has 114 valence electrons. The van der Waals surface area contributed by atoms with Crippen molar-refractivity contribution in [2.75, 3.05) is 31.2 Å². The Morgan fingerprint density at radius 1 is 1.32 bits per heavy atom. The predicted molar refractivity (Wildman–Crippen MR) is 82.2 cm³/mol. The molecule has 6 heteroatoms. The van der Waals surface area contributed by atoms with E-state index < -0.39 is 5.97 Å². The number of carboxylic acid groups (broad SMARTS) is 1. The largest absolute Gasteiger partial charge is 0.477 e. The molecule has 0 amide bonds. The quantitative estimate of drug-likeness (QED) is 0.934. The van der Waals surface area contributed by atoms with Crippen LogP contribution in [0.5, 0.6) is 0 Å². The normalized spacial score (nSPS) is 14.9. The predicted octanol–water partition coefficient (Wildman–Crippen LogP) is 1.99. The van der Waals surface area contributed by atoms with Crippen molar-refractivity contribution in [2.24, 2.45) is 0 Å². The molecule has 1 fully saturated rings. The zero-order valence-corrected chi connectivity index (χ0v) is 12.3. The number of benzene rings is 1. The van der Waals surface area contributed by atoms with E-state index in [2.05, 4.69) is 9.97 Å². The highest BCUT2D eigenvalue weighted by Gasteiger charge is 2.21. The number of aromatic carboxylic acids is 1. The van der Waals surface area contributed by atoms with E-state index in [0.717, 1.165) is 11.1 Å². The van der Waals surface area contributed by atoms with Gasteiger partial charge in [0.25, 0.3) is 0 Å². The van der Waals surface area contributed by atoms with Crippen molar-refractivity contribution in [3.63, 3.8) is 0 Å². The van der Waals surface area contributed by atoms with Gasteiger partial charge in [0.1, 0.15) is 11.4 Å². The molecule has 1 aliphatic rings. The number of carboxylic acids is 1. The van der Waals surface area contributed by atoms with E-state index in [0.29, 0.717) is 37.9 Å². The van der Waals surface area contributed by atoms with Crippen LogP contribution in [-0.2, 0) is 4.74 Å². The van der Waals surface area contributed by atoms with Gasteiger partial charge in [-0.15, -0.1) is 0 Å². The number of aryl methyl sites for hydroxylation is 1. The van der Waals surface area contributed by atoms with Gasteiger partial charge in [-0.25, -0.2) is 14.8 Å². The van der Waals surface area contributed by atoms with Crippen LogP contribution in [0.4, 0.5) is 5.82 Å². The Morgan fingerprint density at radius 3 is 2.77 bits per heavy atom. The molecular formula is C16H17N3O3. The lowest BCUT2D eigenvalue weighted by atomic mass is 10.1. The van der Waals surface area contributed by atoms with E-state index in [-0.39, 0.29) is 5.56 Å². The van der Waals surface area contributed by atoms with Gasteiger partial charge in [-0.3, -0.25) is 0 Å². The first-order chi connectivity index (χ1) is 10.6. The van der Waals surface area contributed by atoms with Crippen LogP contribution in [0.25, 0.3) is 11.4 Å². The highest BCUT2D eigenvalue weighted by Crippen LogP contribution is 2.23. The average Bonchev–Trinajstić information content (AvgIpc) is 2.55. The summed E-state index contributed by atoms with van der Waals surface area (Å²) >= 11 is 0. The molecule has 1 aromatic heterocycles. The molecule has 0 aliphatic carbocycles. The topological polar surface area (TPSA) is 75.5 Å². The lowest BCUT2D eigenvalue weighted by Crippen LogP contribution is -2.37. The van der Waals surface area contributed by atoms with Gasteiger partial charge in [-0.2, -0.15) is 0 Å². The molecular weight excluding hydrogens is 282 g/mol. The second kappa shape index (κ2) is 6.11. The third-order valence-electron chi connectivity index (χ3n) is 3.59. The summed E-state index contributed by atoms with van der Waals surface area (Å²) in [6.45, 7) is 4.40. The van der Waals surface area contributed by atoms with Gasteiger partial charge in [0.05, 0.1) is 13.2 Å². The van der Waals surface area contributed by atoms with E-state index in [9.17, 15) is 9.90 Å². The Morgan fingerprint density at radius 2 is 2.09 bits per heavy atom. The monoisotopic (exact) mass is 299 g/mol. The van der Waals surface area contributed by atoms with Crippen LogP contribution >= 0.6 is 0 Å². The smallest absolute Gasteiger partial charge is 0.341 e. The van der Waals surface area contributed by atoms with E-state index in [1.807, 2.05) is 36.1 Å². The molecule has 0 radical (unpaired) electrons. The van der Waals surface area contributed by atoms with Gasteiger partial charge in [0, 0.05) is 24.8 Å². The number of nitrogens with zero attached hydrogens (tertiary/aromatic N) is 3. The van der Waals surface area contributed by atoms with Gasteiger partial charge < -0.3 is 14.7 Å². The maximum Gasteiger partial charge on any atom is 0.341 e. The summed E-state index contributed by atoms with van der Waals surface area (Å²) in [5.41, 5.74) is 2.11. The summed E-state index contributed by atoms with van der Waals surface area (Å²) in [4.78, 5) is 22.1. The Balaban J connectivity index is 2.05. The summed E-state index contributed by atoms with van der Waals surface area (Å²) in [7, 11) is 0. The lowest BCUT2D eigenvalue weighted by Gasteiger charge is -2.28. The molecule has 22 heavy (non-hydrogen) atoms. The van der Waals surface area contributed by atoms with E-state index >= 15 is 0 Å². The molecule has 1 aliphatic heterocycles. The molecule has 0 saturated carbocycles. The summed E-state index contributed by atoms with van der Waals surface area (Å²) in [5.74, 6) is -0.0187. The van der Waals surface area contributed by atoms with Crippen molar-refractivity contribution < 1.29 is 14.6 Å². The zero-order chi connectivity index (χ0) is 15.5. The molecule has 3 rings (SSSR count). The Labute approximate surface area is 128 Å². The first-order valence-electron chi connectivity index (χ1n) is 7.15. The van der Waals surface area contributed by atoms with Crippen molar-refractivity contribution in [1.29, 1.82) is 0 Å². The SMILES string of the molecule is Cc1cccc(-c2ncc(C(=O)O)c(N3CCOCC3)n2)c1. The number of aromatic nitrogens is 2. The summed E-state index contributed by atoms with van der Waals surface area (Å²) < 4.78 is 5.32. The van der Waals surface area contributed by atoms with Crippen LogP contribution in [0.15, 0.2) is 30.5 Å². The number of hydrogen-bond donors (Lipinski definition) is 1. The maximum absolute atomic E-state index is 11.4. The van der Waals surface area contributed by atoms with Gasteiger partial charge >= 0.3 is 5.97 Å². The number of ether oxygens (including phenoxy) is 1. The maximum atomic E-state index is 11.4. The Bertz CT molecular complexity index is 697. The molecule has 2 aromatic rings. The van der Waals surface area contributed by atoms with Crippen LogP contribution in [0, 0.1) is 6.92 Å². The number of rotatable bonds is 3. The van der Waals surface area contributed by atoms with Crippen LogP contribution in [0.3, 0.4) is 0 Å². The van der Waals surface area contributed by atoms with E-state index in [1.165, 1.54) is 6.20 Å². The standard InChI is InChI=1S/C16H17N3O3/c1-11-3-2-4-12(9-11)14-17-10-13(16(20)21)15(18-14)19-5-7-22-8-6-19/h2-4,9-10H,5-8H2,1H3,(H,20,21). The minimum absolute atomic E-state index is 0.123. The Kier molecular flexibility index (Phi) is 4.02. The highest BCUT2D eigenvalue weighted by atomic mass is 16.5. The molecule has 1 N–H and O–H groups in total. The van der Waals surface area contributed by atoms with Crippen LogP contribution in [0.2, 0.25) is 0 Å². The van der Waals surface area contributed by atoms with Gasteiger partial charge in [-0.1, -0.05) is 23.8 Å². The highest BCUT2D eigenvalue weighted by molar-refractivity contribution is 5.93. The summed E-state index contributed by atoms with van der Waals surface area (Å²) in [6, 6.07) is 7.84. The van der Waals surface area contributed by atoms with Gasteiger partial charge in [-0.05, 0) is 13.0 Å². The molecule has 0 spiro atoms. The zero-order valence-electron chi connectivity index (χ0n) is 12.3. The van der Waals surface area contributed by atoms with Gasteiger partial charge in [0.15, 0.2) is 5.82 Å². The Hall–Kier alpha value is -2.47. The van der Waals surface area contributed by atoms with Crippen LogP contribution in [0.1, 0.15) is 15.9 Å². The fourth-order valence-corrected chi connectivity index (χ4v) is 2.46. The fraction of sp³-hybridized carbons (Fsp3) is 0.312. The van der Waals surface area contributed by atoms with Crippen molar-refractivity contribution >= 4 is 11.8 Å². The first-order valence-corrected chi connectivity index (χ1v) is 7.15. The second-order valence-electron chi connectivity index (χ2n) is 5.20. The molecule has 0 atom stereocenters. The third-order valence-corrected chi connectivity index (χ3v) is 3.59. The van der Waals surface area contributed by atoms with Crippen LogP contribution < -0.4 is 4.90 Å². The molecule has 1 saturated heterocycles. The van der Waals surface area contributed by atoms with E-state index in [4.69, 9.17) is 4.74 Å². The molecule has 0 unspecified atom stereocenters. The summed E-state index contributed by atoms with van der Waals surface area (Å²) in [5, 5.41) is 9.36.